The third-order valence-corrected chi connectivity index (χ3v) is 5.61. The van der Waals surface area contributed by atoms with Gasteiger partial charge in [-0.3, -0.25) is 4.79 Å². The number of rotatable bonds is 2. The minimum atomic E-state index is -0.0859. The Morgan fingerprint density at radius 1 is 1.09 bits per heavy atom. The molecule has 22 heavy (non-hydrogen) atoms. The van der Waals surface area contributed by atoms with E-state index in [0.717, 1.165) is 24.0 Å². The fourth-order valence-electron chi connectivity index (χ4n) is 4.57. The zero-order chi connectivity index (χ0) is 15.4. The first-order valence-corrected chi connectivity index (χ1v) is 8.09. The van der Waals surface area contributed by atoms with Crippen LogP contribution in [0.25, 0.3) is 5.57 Å². The van der Waals surface area contributed by atoms with E-state index in [9.17, 15) is 15.0 Å². The van der Waals surface area contributed by atoms with E-state index in [0.29, 0.717) is 17.9 Å². The summed E-state index contributed by atoms with van der Waals surface area (Å²) in [6, 6.07) is 5.05. The number of Topliss-reactive ketones (excluding diaryl/α,β-unsaturated/α-hetero) is 1. The fourth-order valence-corrected chi connectivity index (χ4v) is 4.57. The normalized spacial score (nSPS) is 32.7. The summed E-state index contributed by atoms with van der Waals surface area (Å²) in [5.41, 5.74) is 2.19. The topological polar surface area (TPSA) is 57.5 Å². The lowest BCUT2D eigenvalue weighted by Crippen LogP contribution is -2.38. The molecule has 2 bridgehead atoms. The van der Waals surface area contributed by atoms with E-state index < -0.39 is 0 Å². The maximum atomic E-state index is 13.0. The number of aliphatic hydroxyl groups is 1. The number of aliphatic hydroxyl groups excluding tert-OH is 1. The van der Waals surface area contributed by atoms with Crippen molar-refractivity contribution in [3.63, 3.8) is 0 Å². The van der Waals surface area contributed by atoms with Crippen LogP contribution in [-0.2, 0) is 11.2 Å². The second-order valence-electron chi connectivity index (χ2n) is 6.66. The highest BCUT2D eigenvalue weighted by atomic mass is 16.3. The number of hydrogen-bond acceptors (Lipinski definition) is 3. The number of phenols is 1. The lowest BCUT2D eigenvalue weighted by atomic mass is 9.63. The highest BCUT2D eigenvalue weighted by molar-refractivity contribution is 6.25. The van der Waals surface area contributed by atoms with Crippen molar-refractivity contribution in [3.05, 3.63) is 47.2 Å². The van der Waals surface area contributed by atoms with Gasteiger partial charge < -0.3 is 10.2 Å². The molecule has 4 atom stereocenters. The second-order valence-corrected chi connectivity index (χ2v) is 6.66. The van der Waals surface area contributed by atoms with Gasteiger partial charge in [-0.15, -0.1) is 0 Å². The number of fused-ring (bicyclic) bond motifs is 1. The van der Waals surface area contributed by atoms with Gasteiger partial charge in [-0.25, -0.2) is 0 Å². The van der Waals surface area contributed by atoms with Crippen LogP contribution in [0.1, 0.15) is 30.9 Å². The first kappa shape index (κ1) is 13.6. The first-order chi connectivity index (χ1) is 10.6. The molecule has 4 aliphatic carbocycles. The number of aromatic hydroxyl groups is 1. The van der Waals surface area contributed by atoms with Gasteiger partial charge in [-0.2, -0.15) is 0 Å². The summed E-state index contributed by atoms with van der Waals surface area (Å²) in [6.45, 7) is 1.99. The Labute approximate surface area is 130 Å². The predicted octanol–water partition coefficient (Wildman–Crippen LogP) is 3.63. The van der Waals surface area contributed by atoms with Gasteiger partial charge in [0.1, 0.15) is 11.5 Å². The van der Waals surface area contributed by atoms with Crippen molar-refractivity contribution in [3.8, 4) is 5.75 Å². The first-order valence-electron chi connectivity index (χ1n) is 8.09. The number of hydrogen-bond donors (Lipinski definition) is 2. The minimum absolute atomic E-state index is 0.0373. The summed E-state index contributed by atoms with van der Waals surface area (Å²) < 4.78 is 0. The Hall–Kier alpha value is -2.03. The molecule has 3 nitrogen and oxygen atoms in total. The molecule has 4 unspecified atom stereocenters. The lowest BCUT2D eigenvalue weighted by molar-refractivity contribution is -0.120. The van der Waals surface area contributed by atoms with Crippen LogP contribution >= 0.6 is 0 Å². The molecular weight excluding hydrogens is 276 g/mol. The molecule has 1 aromatic carbocycles. The van der Waals surface area contributed by atoms with Crippen LogP contribution in [0.4, 0.5) is 0 Å². The summed E-state index contributed by atoms with van der Waals surface area (Å²) in [7, 11) is 0. The molecule has 4 aliphatic rings. The molecule has 1 aromatic rings. The van der Waals surface area contributed by atoms with Crippen molar-refractivity contribution in [2.45, 2.75) is 26.2 Å². The molecule has 0 aliphatic heterocycles. The molecule has 1 saturated carbocycles. The van der Waals surface area contributed by atoms with E-state index in [2.05, 4.69) is 12.2 Å². The molecule has 0 spiro atoms. The van der Waals surface area contributed by atoms with Crippen molar-refractivity contribution >= 4 is 11.4 Å². The van der Waals surface area contributed by atoms with Crippen molar-refractivity contribution in [2.75, 3.05) is 0 Å². The number of ketones is 1. The summed E-state index contributed by atoms with van der Waals surface area (Å²) in [5, 5.41) is 20.5. The zero-order valence-electron chi connectivity index (χ0n) is 12.6. The number of aryl methyl sites for hydroxylation is 1. The summed E-state index contributed by atoms with van der Waals surface area (Å²) in [4.78, 5) is 13.0. The predicted molar refractivity (Wildman–Crippen MR) is 84.4 cm³/mol. The van der Waals surface area contributed by atoms with Gasteiger partial charge in [0.05, 0.1) is 5.57 Å². The minimum Gasteiger partial charge on any atom is -0.511 e. The lowest BCUT2D eigenvalue weighted by Gasteiger charge is -2.40. The largest absolute Gasteiger partial charge is 0.511 e. The van der Waals surface area contributed by atoms with E-state index in [1.807, 2.05) is 6.92 Å². The maximum Gasteiger partial charge on any atom is 0.171 e. The Bertz CT molecular complexity index is 713. The standard InChI is InChI=1S/C19H20O3/c1-2-10-9-13(20)7-8-14(10)17-18(21)15-11-3-4-12(6-5-11)16(15)19(17)22/h3-4,7-9,11-12,15-16,20-21H,2,5-6H2,1H3. The number of carbonyl (C=O) groups excluding carboxylic acids is 1. The van der Waals surface area contributed by atoms with Gasteiger partial charge in [0.25, 0.3) is 0 Å². The highest BCUT2D eigenvalue weighted by Gasteiger charge is 2.52. The summed E-state index contributed by atoms with van der Waals surface area (Å²) in [5.74, 6) is 0.992. The Kier molecular flexibility index (Phi) is 2.93. The molecule has 0 amide bonds. The maximum absolute atomic E-state index is 13.0. The van der Waals surface area contributed by atoms with E-state index >= 15 is 0 Å². The highest BCUT2D eigenvalue weighted by Crippen LogP contribution is 2.54. The van der Waals surface area contributed by atoms with Crippen LogP contribution in [0, 0.1) is 23.7 Å². The molecule has 0 aromatic heterocycles. The van der Waals surface area contributed by atoms with Crippen LogP contribution in [0.3, 0.4) is 0 Å². The quantitative estimate of drug-likeness (QED) is 0.819. The number of carbonyl (C=O) groups is 1. The van der Waals surface area contributed by atoms with Crippen LogP contribution in [0.15, 0.2) is 36.1 Å². The molecule has 114 valence electrons. The average Bonchev–Trinajstić information content (AvgIpc) is 2.82. The van der Waals surface area contributed by atoms with Crippen LogP contribution < -0.4 is 0 Å². The summed E-state index contributed by atoms with van der Waals surface area (Å²) >= 11 is 0. The smallest absolute Gasteiger partial charge is 0.171 e. The molecular formula is C19H20O3. The molecule has 0 heterocycles. The second kappa shape index (κ2) is 4.73. The van der Waals surface area contributed by atoms with E-state index in [-0.39, 0.29) is 35.0 Å². The summed E-state index contributed by atoms with van der Waals surface area (Å²) in [6.07, 6.45) is 7.17. The Morgan fingerprint density at radius 2 is 1.77 bits per heavy atom. The molecule has 1 fully saturated rings. The van der Waals surface area contributed by atoms with Crippen molar-refractivity contribution in [2.24, 2.45) is 23.7 Å². The fraction of sp³-hybridized carbons (Fsp3) is 0.421. The SMILES string of the molecule is CCc1cc(O)ccc1C1=C(O)C2C3C=CC(CC3)C2C1=O. The van der Waals surface area contributed by atoms with Gasteiger partial charge in [-0.05, 0) is 54.4 Å². The molecule has 0 radical (unpaired) electrons. The Morgan fingerprint density at radius 3 is 2.36 bits per heavy atom. The van der Waals surface area contributed by atoms with Crippen LogP contribution in [0.5, 0.6) is 5.75 Å². The average molecular weight is 296 g/mol. The van der Waals surface area contributed by atoms with Gasteiger partial charge in [0, 0.05) is 11.8 Å². The third-order valence-electron chi connectivity index (χ3n) is 5.61. The van der Waals surface area contributed by atoms with E-state index in [1.54, 1.807) is 18.2 Å². The molecule has 3 heteroatoms. The van der Waals surface area contributed by atoms with Gasteiger partial charge >= 0.3 is 0 Å². The molecule has 2 N–H and O–H groups in total. The van der Waals surface area contributed by atoms with Gasteiger partial charge in [0.15, 0.2) is 5.78 Å². The Balaban J connectivity index is 1.85. The van der Waals surface area contributed by atoms with Crippen LogP contribution in [0.2, 0.25) is 0 Å². The number of allylic oxidation sites excluding steroid dienone is 4. The van der Waals surface area contributed by atoms with Crippen LogP contribution in [-0.4, -0.2) is 16.0 Å². The van der Waals surface area contributed by atoms with Gasteiger partial charge in [0.2, 0.25) is 0 Å². The molecule has 0 saturated heterocycles. The van der Waals surface area contributed by atoms with Crippen molar-refractivity contribution in [1.82, 2.24) is 0 Å². The third kappa shape index (κ3) is 1.71. The zero-order valence-corrected chi connectivity index (χ0v) is 12.6. The monoisotopic (exact) mass is 296 g/mol. The van der Waals surface area contributed by atoms with E-state index in [4.69, 9.17) is 0 Å². The van der Waals surface area contributed by atoms with Crippen molar-refractivity contribution in [1.29, 1.82) is 0 Å². The van der Waals surface area contributed by atoms with E-state index in [1.165, 1.54) is 0 Å². The number of benzene rings is 1. The van der Waals surface area contributed by atoms with Crippen molar-refractivity contribution < 1.29 is 15.0 Å². The molecule has 5 rings (SSSR count). The van der Waals surface area contributed by atoms with Gasteiger partial charge in [-0.1, -0.05) is 25.1 Å². The number of phenolic OH excluding ortho intramolecular Hbond substituents is 1.